The molecule has 3 aromatic carbocycles. The van der Waals surface area contributed by atoms with E-state index in [0.717, 1.165) is 32.1 Å². The molecule has 0 amide bonds. The van der Waals surface area contributed by atoms with Gasteiger partial charge >= 0.3 is 0 Å². The van der Waals surface area contributed by atoms with E-state index >= 15 is 0 Å². The summed E-state index contributed by atoms with van der Waals surface area (Å²) in [6, 6.07) is 30.0. The smallest absolute Gasteiger partial charge is 0.0602 e. The molecule has 4 heteroatoms. The molecule has 7 rings (SSSR count). The number of hydrogen-bond donors (Lipinski definition) is 1. The van der Waals surface area contributed by atoms with Gasteiger partial charge in [-0.15, -0.1) is 0 Å². The SMILES string of the molecule is CN1C[C@H](CN2CCN(C(c3ccccc3)c3ccccc3)CC2)C[C@@H]2c3cccc4[nH]cc(c34)C[C@H]21. The molecule has 37 heavy (non-hydrogen) atoms. The minimum Gasteiger partial charge on any atom is -0.361 e. The number of aromatic nitrogens is 1. The normalized spacial score (nSPS) is 25.0. The Bertz CT molecular complexity index is 1300. The van der Waals surface area contributed by atoms with Crippen LogP contribution in [0, 0.1) is 5.92 Å². The number of nitrogens with zero attached hydrogens (tertiary/aromatic N) is 3. The van der Waals surface area contributed by atoms with Crippen molar-refractivity contribution in [1.29, 1.82) is 0 Å². The summed E-state index contributed by atoms with van der Waals surface area (Å²) < 4.78 is 0. The van der Waals surface area contributed by atoms with Crippen LogP contribution < -0.4 is 0 Å². The number of piperazine rings is 1. The van der Waals surface area contributed by atoms with Gasteiger partial charge in [-0.25, -0.2) is 0 Å². The standard InChI is InChI=1S/C33H38N4/c1-35-22-24(19-29-28-13-8-14-30-32(28)27(21-34-30)20-31(29)35)23-36-15-17-37(18-16-36)33(25-9-4-2-5-10-25)26-11-6-3-7-12-26/h2-14,21,24,29,31,33-34H,15-20,22-23H2,1H3/t24-,29-,31-/m1/s1. The number of rotatable bonds is 5. The summed E-state index contributed by atoms with van der Waals surface area (Å²) in [5.41, 5.74) is 7.22. The summed E-state index contributed by atoms with van der Waals surface area (Å²) in [5.74, 6) is 1.38. The number of fused-ring (bicyclic) bond motifs is 2. The lowest BCUT2D eigenvalue weighted by atomic mass is 9.72. The van der Waals surface area contributed by atoms with Crippen LogP contribution in [0.4, 0.5) is 0 Å². The topological polar surface area (TPSA) is 25.5 Å². The molecule has 1 N–H and O–H groups in total. The molecule has 0 radical (unpaired) electrons. The molecule has 3 aliphatic rings. The lowest BCUT2D eigenvalue weighted by Crippen LogP contribution is -2.53. The lowest BCUT2D eigenvalue weighted by Gasteiger charge is -2.47. The highest BCUT2D eigenvalue weighted by molar-refractivity contribution is 5.88. The molecule has 2 aliphatic heterocycles. The molecule has 0 unspecified atom stereocenters. The van der Waals surface area contributed by atoms with Crippen molar-refractivity contribution in [2.45, 2.75) is 30.8 Å². The fraction of sp³-hybridized carbons (Fsp3) is 0.394. The zero-order valence-electron chi connectivity index (χ0n) is 21.9. The highest BCUT2D eigenvalue weighted by Gasteiger charge is 2.40. The van der Waals surface area contributed by atoms with E-state index in [0.29, 0.717) is 18.0 Å². The third kappa shape index (κ3) is 4.31. The number of likely N-dealkylation sites (tertiary alicyclic amines) is 1. The van der Waals surface area contributed by atoms with Crippen molar-refractivity contribution >= 4 is 10.9 Å². The van der Waals surface area contributed by atoms with E-state index in [9.17, 15) is 0 Å². The van der Waals surface area contributed by atoms with Gasteiger partial charge in [-0.2, -0.15) is 0 Å². The Hall–Kier alpha value is -2.92. The van der Waals surface area contributed by atoms with Crippen LogP contribution in [-0.2, 0) is 6.42 Å². The van der Waals surface area contributed by atoms with Gasteiger partial charge in [-0.05, 0) is 54.1 Å². The van der Waals surface area contributed by atoms with Gasteiger partial charge in [0.1, 0.15) is 0 Å². The van der Waals surface area contributed by atoms with Crippen LogP contribution in [0.25, 0.3) is 10.9 Å². The number of H-pyrrole nitrogens is 1. The van der Waals surface area contributed by atoms with Crippen LogP contribution >= 0.6 is 0 Å². The summed E-state index contributed by atoms with van der Waals surface area (Å²) in [6.45, 7) is 6.99. The Labute approximate surface area is 220 Å². The van der Waals surface area contributed by atoms with Crippen molar-refractivity contribution in [3.63, 3.8) is 0 Å². The van der Waals surface area contributed by atoms with E-state index in [1.54, 1.807) is 5.56 Å². The van der Waals surface area contributed by atoms with Crippen molar-refractivity contribution in [3.05, 3.63) is 107 Å². The average molecular weight is 491 g/mol. The highest BCUT2D eigenvalue weighted by atomic mass is 15.3. The van der Waals surface area contributed by atoms with E-state index in [-0.39, 0.29) is 0 Å². The van der Waals surface area contributed by atoms with Gasteiger partial charge in [0.05, 0.1) is 6.04 Å². The number of piperidine rings is 1. The number of benzene rings is 3. The van der Waals surface area contributed by atoms with Crippen LogP contribution in [0.5, 0.6) is 0 Å². The molecule has 0 bridgehead atoms. The highest BCUT2D eigenvalue weighted by Crippen LogP contribution is 2.44. The van der Waals surface area contributed by atoms with Gasteiger partial charge in [0.2, 0.25) is 0 Å². The second kappa shape index (κ2) is 9.75. The molecule has 4 aromatic rings. The van der Waals surface area contributed by atoms with E-state index < -0.39 is 0 Å². The largest absolute Gasteiger partial charge is 0.361 e. The first kappa shape index (κ1) is 23.2. The predicted molar refractivity (Wildman–Crippen MR) is 152 cm³/mol. The third-order valence-corrected chi connectivity index (χ3v) is 9.33. The fourth-order valence-electron chi connectivity index (χ4n) is 7.64. The molecule has 1 aliphatic carbocycles. The van der Waals surface area contributed by atoms with Crippen LogP contribution in [0.1, 0.15) is 40.6 Å². The Kier molecular flexibility index (Phi) is 6.12. The Morgan fingerprint density at radius 3 is 2.24 bits per heavy atom. The summed E-state index contributed by atoms with van der Waals surface area (Å²) in [4.78, 5) is 11.6. The first-order chi connectivity index (χ1) is 18.2. The zero-order valence-corrected chi connectivity index (χ0v) is 21.9. The molecular weight excluding hydrogens is 452 g/mol. The molecule has 3 atom stereocenters. The summed E-state index contributed by atoms with van der Waals surface area (Å²) in [6.07, 6.45) is 4.75. The third-order valence-electron chi connectivity index (χ3n) is 9.33. The van der Waals surface area contributed by atoms with E-state index in [2.05, 4.69) is 112 Å². The van der Waals surface area contributed by atoms with E-state index in [4.69, 9.17) is 0 Å². The second-order valence-corrected chi connectivity index (χ2v) is 11.6. The molecule has 2 fully saturated rings. The molecule has 3 heterocycles. The molecule has 0 saturated carbocycles. The van der Waals surface area contributed by atoms with Gasteiger partial charge in [0.15, 0.2) is 0 Å². The quantitative estimate of drug-likeness (QED) is 0.398. The summed E-state index contributed by atoms with van der Waals surface area (Å²) in [7, 11) is 2.36. The van der Waals surface area contributed by atoms with Gasteiger partial charge in [-0.3, -0.25) is 4.90 Å². The lowest BCUT2D eigenvalue weighted by molar-refractivity contribution is 0.0587. The minimum absolute atomic E-state index is 0.337. The number of likely N-dealkylation sites (N-methyl/N-ethyl adjacent to an activating group) is 1. The molecule has 4 nitrogen and oxygen atoms in total. The van der Waals surface area contributed by atoms with Crippen LogP contribution in [0.2, 0.25) is 0 Å². The zero-order chi connectivity index (χ0) is 24.8. The predicted octanol–water partition coefficient (Wildman–Crippen LogP) is 5.54. The van der Waals surface area contributed by atoms with Crippen molar-refractivity contribution in [2.75, 3.05) is 46.3 Å². The maximum atomic E-state index is 3.53. The first-order valence-corrected chi connectivity index (χ1v) is 14.1. The van der Waals surface area contributed by atoms with Crippen LogP contribution in [0.3, 0.4) is 0 Å². The van der Waals surface area contributed by atoms with Crippen molar-refractivity contribution in [2.24, 2.45) is 5.92 Å². The maximum Gasteiger partial charge on any atom is 0.0602 e. The van der Waals surface area contributed by atoms with Crippen molar-refractivity contribution < 1.29 is 0 Å². The van der Waals surface area contributed by atoms with Gasteiger partial charge in [0, 0.05) is 68.3 Å². The molecule has 1 aromatic heterocycles. The van der Waals surface area contributed by atoms with E-state index in [1.807, 2.05) is 0 Å². The molecule has 0 spiro atoms. The molecular formula is C33H38N4. The summed E-state index contributed by atoms with van der Waals surface area (Å²) >= 11 is 0. The summed E-state index contributed by atoms with van der Waals surface area (Å²) in [5, 5.41) is 1.51. The van der Waals surface area contributed by atoms with Gasteiger partial charge in [0.25, 0.3) is 0 Å². The van der Waals surface area contributed by atoms with Gasteiger partial charge < -0.3 is 14.8 Å². The van der Waals surface area contributed by atoms with Crippen LogP contribution in [0.15, 0.2) is 85.1 Å². The number of nitrogens with one attached hydrogen (secondary N) is 1. The Morgan fingerprint density at radius 1 is 0.838 bits per heavy atom. The van der Waals surface area contributed by atoms with Gasteiger partial charge in [-0.1, -0.05) is 72.8 Å². The molecule has 2 saturated heterocycles. The second-order valence-electron chi connectivity index (χ2n) is 11.6. The monoisotopic (exact) mass is 490 g/mol. The molecule has 190 valence electrons. The van der Waals surface area contributed by atoms with Crippen molar-refractivity contribution in [1.82, 2.24) is 19.7 Å². The van der Waals surface area contributed by atoms with Crippen LogP contribution in [-0.4, -0.2) is 72.0 Å². The number of aromatic amines is 1. The van der Waals surface area contributed by atoms with E-state index in [1.165, 1.54) is 53.5 Å². The first-order valence-electron chi connectivity index (χ1n) is 14.1. The Morgan fingerprint density at radius 2 is 1.54 bits per heavy atom. The minimum atomic E-state index is 0.337. The average Bonchev–Trinajstić information content (AvgIpc) is 3.36. The van der Waals surface area contributed by atoms with Crippen molar-refractivity contribution in [3.8, 4) is 0 Å². The Balaban J connectivity index is 1.04. The number of hydrogen-bond acceptors (Lipinski definition) is 3. The fourth-order valence-corrected chi connectivity index (χ4v) is 7.64. The maximum absolute atomic E-state index is 3.53.